The maximum Gasteiger partial charge on any atom is 0.262 e. The normalized spacial score (nSPS) is 10.5. The summed E-state index contributed by atoms with van der Waals surface area (Å²) in [6, 6.07) is 8.00. The minimum absolute atomic E-state index is 0. The largest absolute Gasteiger partial charge is 0.290 e. The van der Waals surface area contributed by atoms with Crippen LogP contribution < -0.4 is 4.89 Å². The molecule has 6 heteroatoms. The molecule has 0 saturated carbocycles. The van der Waals surface area contributed by atoms with Crippen molar-refractivity contribution < 1.29 is 13.3 Å². The van der Waals surface area contributed by atoms with Gasteiger partial charge in [-0.2, -0.15) is 0 Å². The van der Waals surface area contributed by atoms with Gasteiger partial charge in [-0.25, -0.2) is 8.42 Å². The summed E-state index contributed by atoms with van der Waals surface area (Å²) in [4.78, 5) is 6.42. The van der Waals surface area contributed by atoms with E-state index in [9.17, 15) is 8.42 Å². The van der Waals surface area contributed by atoms with E-state index in [1.54, 1.807) is 18.2 Å². The van der Waals surface area contributed by atoms with E-state index in [0.29, 0.717) is 0 Å². The van der Waals surface area contributed by atoms with Crippen LogP contribution in [-0.4, -0.2) is 45.1 Å². The average molecular weight is 210 g/mol. The number of nitrogens with one attached hydrogen (secondary N) is 1. The smallest absolute Gasteiger partial charge is 0.262 e. The molecule has 0 unspecified atom stereocenters. The fourth-order valence-corrected chi connectivity index (χ4v) is 1.59. The quantitative estimate of drug-likeness (QED) is 0.570. The molecule has 1 aromatic carbocycles. The van der Waals surface area contributed by atoms with Crippen molar-refractivity contribution in [3.8, 4) is 0 Å². The van der Waals surface area contributed by atoms with E-state index in [1.807, 2.05) is 4.89 Å². The molecule has 0 aliphatic carbocycles. The van der Waals surface area contributed by atoms with Gasteiger partial charge >= 0.3 is 0 Å². The molecule has 67 valence electrons. The minimum atomic E-state index is -3.48. The second kappa shape index (κ2) is 5.74. The Morgan fingerprint density at radius 1 is 1.23 bits per heavy atom. The third kappa shape index (κ3) is 3.76. The van der Waals surface area contributed by atoms with Gasteiger partial charge < -0.3 is 0 Å². The molecular weight excluding hydrogens is 201 g/mol. The molecule has 0 atom stereocenters. The van der Waals surface area contributed by atoms with Gasteiger partial charge in [0, 0.05) is 29.6 Å². The van der Waals surface area contributed by atoms with Crippen LogP contribution in [-0.2, 0) is 14.9 Å². The predicted octanol–water partition coefficient (Wildman–Crippen LogP) is 0.145. The summed E-state index contributed by atoms with van der Waals surface area (Å²) in [6.45, 7) is 0. The Bertz CT molecular complexity index is 338. The van der Waals surface area contributed by atoms with Crippen molar-refractivity contribution in [2.45, 2.75) is 4.90 Å². The van der Waals surface area contributed by atoms with Crippen molar-refractivity contribution in [2.24, 2.45) is 0 Å². The molecule has 0 bridgehead atoms. The van der Waals surface area contributed by atoms with E-state index in [0.717, 1.165) is 0 Å². The fraction of sp³-hybridized carbons (Fsp3) is 0.143. The first-order chi connectivity index (χ1) is 5.67. The van der Waals surface area contributed by atoms with Crippen LogP contribution >= 0.6 is 0 Å². The third-order valence-electron chi connectivity index (χ3n) is 1.25. The summed E-state index contributed by atoms with van der Waals surface area (Å²) in [5, 5.41) is 0. The number of hydrogen-bond acceptors (Lipinski definition) is 3. The zero-order chi connectivity index (χ0) is 9.03. The van der Waals surface area contributed by atoms with Gasteiger partial charge in [0.1, 0.15) is 0 Å². The first kappa shape index (κ1) is 13.1. The molecule has 0 aliphatic heterocycles. The molecule has 0 fully saturated rings. The molecule has 0 amide bonds. The Morgan fingerprint density at radius 2 is 1.77 bits per heavy atom. The molecule has 13 heavy (non-hydrogen) atoms. The summed E-state index contributed by atoms with van der Waals surface area (Å²) in [5.41, 5.74) is 0. The van der Waals surface area contributed by atoms with Crippen molar-refractivity contribution in [1.29, 1.82) is 0 Å². The Balaban J connectivity index is 0.00000144. The number of rotatable bonds is 3. The summed E-state index contributed by atoms with van der Waals surface area (Å²) in [7, 11) is -2.23. The van der Waals surface area contributed by atoms with Crippen LogP contribution in [0.3, 0.4) is 0 Å². The maximum atomic E-state index is 11.2. The maximum absolute atomic E-state index is 11.2. The Kier molecular flexibility index (Phi) is 5.78. The van der Waals surface area contributed by atoms with Gasteiger partial charge in [-0.05, 0) is 12.1 Å². The first-order valence-electron chi connectivity index (χ1n) is 3.26. The molecular formula is C7H9NNaO3S. The molecule has 0 heterocycles. The van der Waals surface area contributed by atoms with Crippen LogP contribution in [0.25, 0.3) is 0 Å². The van der Waals surface area contributed by atoms with E-state index in [2.05, 4.69) is 4.84 Å². The number of hydrogen-bond donors (Lipinski definition) is 1. The van der Waals surface area contributed by atoms with Gasteiger partial charge in [0.15, 0.2) is 0 Å². The Labute approximate surface area is 99.6 Å². The third-order valence-corrected chi connectivity index (χ3v) is 2.53. The van der Waals surface area contributed by atoms with Crippen LogP contribution in [0.15, 0.2) is 35.2 Å². The van der Waals surface area contributed by atoms with Crippen LogP contribution in [0.4, 0.5) is 0 Å². The van der Waals surface area contributed by atoms with E-state index in [1.165, 1.54) is 19.2 Å². The fourth-order valence-electron chi connectivity index (χ4n) is 0.757. The Hall–Kier alpha value is 0.0900. The predicted molar refractivity (Wildman–Crippen MR) is 49.5 cm³/mol. The second-order valence-electron chi connectivity index (χ2n) is 2.10. The summed E-state index contributed by atoms with van der Waals surface area (Å²) in [6.07, 6.45) is 0. The zero-order valence-corrected chi connectivity index (χ0v) is 10.3. The van der Waals surface area contributed by atoms with Crippen LogP contribution in [0.2, 0.25) is 0 Å². The minimum Gasteiger partial charge on any atom is -0.290 e. The van der Waals surface area contributed by atoms with Gasteiger partial charge in [-0.3, -0.25) is 4.84 Å². The van der Waals surface area contributed by atoms with Crippen LogP contribution in [0.5, 0.6) is 0 Å². The van der Waals surface area contributed by atoms with Crippen molar-refractivity contribution in [3.63, 3.8) is 0 Å². The zero-order valence-electron chi connectivity index (χ0n) is 7.52. The van der Waals surface area contributed by atoms with E-state index < -0.39 is 10.0 Å². The van der Waals surface area contributed by atoms with E-state index >= 15 is 0 Å². The van der Waals surface area contributed by atoms with Gasteiger partial charge in [-0.15, -0.1) is 0 Å². The van der Waals surface area contributed by atoms with Crippen LogP contribution in [0, 0.1) is 0 Å². The molecule has 1 rings (SSSR count). The molecule has 0 saturated heterocycles. The molecule has 1 aromatic rings. The molecule has 0 spiro atoms. The summed E-state index contributed by atoms with van der Waals surface area (Å²) < 4.78 is 22.4. The summed E-state index contributed by atoms with van der Waals surface area (Å²) in [5.74, 6) is 0. The van der Waals surface area contributed by atoms with Crippen molar-refractivity contribution in [1.82, 2.24) is 4.89 Å². The molecule has 0 aliphatic rings. The standard InChI is InChI=1S/C7H9NO3S.Na/c1-11-8-12(9,10)7-5-3-2-4-6-7;/h2-6,8H,1H3;. The van der Waals surface area contributed by atoms with E-state index in [-0.39, 0.29) is 34.5 Å². The van der Waals surface area contributed by atoms with Crippen molar-refractivity contribution in [2.75, 3.05) is 7.11 Å². The first-order valence-corrected chi connectivity index (χ1v) is 4.75. The SMILES string of the molecule is CONS(=O)(=O)c1ccccc1.[Na]. The topological polar surface area (TPSA) is 55.4 Å². The molecule has 0 aromatic heterocycles. The van der Waals surface area contributed by atoms with Crippen molar-refractivity contribution in [3.05, 3.63) is 30.3 Å². The molecule has 4 nitrogen and oxygen atoms in total. The molecule has 1 radical (unpaired) electrons. The van der Waals surface area contributed by atoms with Gasteiger partial charge in [0.25, 0.3) is 10.0 Å². The van der Waals surface area contributed by atoms with E-state index in [4.69, 9.17) is 0 Å². The number of benzene rings is 1. The number of sulfonamides is 1. The molecule has 1 N–H and O–H groups in total. The van der Waals surface area contributed by atoms with Gasteiger partial charge in [-0.1, -0.05) is 23.1 Å². The van der Waals surface area contributed by atoms with Gasteiger partial charge in [0.05, 0.1) is 12.0 Å². The van der Waals surface area contributed by atoms with Gasteiger partial charge in [0.2, 0.25) is 0 Å². The summed E-state index contributed by atoms with van der Waals surface area (Å²) >= 11 is 0. The monoisotopic (exact) mass is 210 g/mol. The van der Waals surface area contributed by atoms with Crippen LogP contribution in [0.1, 0.15) is 0 Å². The second-order valence-corrected chi connectivity index (χ2v) is 3.75. The Morgan fingerprint density at radius 3 is 2.23 bits per heavy atom. The van der Waals surface area contributed by atoms with Crippen molar-refractivity contribution >= 4 is 39.6 Å². The average Bonchev–Trinajstić information content (AvgIpc) is 2.06.